The standard InChI is InChI=1S/C20H27ClN2O6S/c1-13(24)16-10-14(21)4-5-18(16)29-12-15-11-23(7-8-28-15)20(26)22-17(6-9-30-3)19(25)27-2/h4-5,10,15,17H,6-9,11-12H2,1-3H3,(H,22,26). The average molecular weight is 459 g/mol. The molecule has 1 aliphatic heterocycles. The van der Waals surface area contributed by atoms with Gasteiger partial charge in [0.15, 0.2) is 5.78 Å². The second kappa shape index (κ2) is 12.0. The lowest BCUT2D eigenvalue weighted by atomic mass is 10.1. The van der Waals surface area contributed by atoms with Gasteiger partial charge < -0.3 is 24.4 Å². The van der Waals surface area contributed by atoms with Crippen LogP contribution in [0.2, 0.25) is 5.02 Å². The van der Waals surface area contributed by atoms with E-state index in [1.54, 1.807) is 34.9 Å². The molecule has 1 aliphatic rings. The lowest BCUT2D eigenvalue weighted by Gasteiger charge is -2.33. The van der Waals surface area contributed by atoms with Crippen molar-refractivity contribution >= 4 is 41.1 Å². The van der Waals surface area contributed by atoms with E-state index in [0.717, 1.165) is 5.75 Å². The molecule has 0 bridgehead atoms. The maximum atomic E-state index is 12.6. The summed E-state index contributed by atoms with van der Waals surface area (Å²) < 4.78 is 16.2. The molecule has 30 heavy (non-hydrogen) atoms. The highest BCUT2D eigenvalue weighted by molar-refractivity contribution is 7.98. The Balaban J connectivity index is 1.94. The number of ketones is 1. The van der Waals surface area contributed by atoms with Gasteiger partial charge in [0.2, 0.25) is 0 Å². The Kier molecular flexibility index (Phi) is 9.74. The molecule has 1 aromatic rings. The molecule has 0 radical (unpaired) electrons. The van der Waals surface area contributed by atoms with Crippen LogP contribution in [0.25, 0.3) is 0 Å². The van der Waals surface area contributed by atoms with Crippen LogP contribution < -0.4 is 10.1 Å². The number of esters is 1. The number of morpholine rings is 1. The predicted octanol–water partition coefficient (Wildman–Crippen LogP) is 2.63. The van der Waals surface area contributed by atoms with Crippen LogP contribution in [0.15, 0.2) is 18.2 Å². The molecule has 2 atom stereocenters. The number of hydrogen-bond acceptors (Lipinski definition) is 7. The highest BCUT2D eigenvalue weighted by Gasteiger charge is 2.28. The number of carbonyl (C=O) groups excluding carboxylic acids is 3. The molecule has 166 valence electrons. The van der Waals surface area contributed by atoms with Crippen LogP contribution in [0.3, 0.4) is 0 Å². The van der Waals surface area contributed by atoms with E-state index in [2.05, 4.69) is 5.32 Å². The number of halogens is 1. The minimum atomic E-state index is -0.695. The van der Waals surface area contributed by atoms with E-state index in [1.165, 1.54) is 14.0 Å². The van der Waals surface area contributed by atoms with Gasteiger partial charge in [-0.05, 0) is 43.6 Å². The van der Waals surface area contributed by atoms with Crippen molar-refractivity contribution in [2.45, 2.75) is 25.5 Å². The van der Waals surface area contributed by atoms with Crippen LogP contribution in [0.5, 0.6) is 5.75 Å². The summed E-state index contributed by atoms with van der Waals surface area (Å²) in [6, 6.07) is 3.80. The highest BCUT2D eigenvalue weighted by Crippen LogP contribution is 2.24. The van der Waals surface area contributed by atoms with Crippen LogP contribution in [0, 0.1) is 0 Å². The van der Waals surface area contributed by atoms with Crippen molar-refractivity contribution in [1.82, 2.24) is 10.2 Å². The van der Waals surface area contributed by atoms with Gasteiger partial charge in [0.1, 0.15) is 24.5 Å². The number of benzene rings is 1. The molecule has 10 heteroatoms. The first-order valence-electron chi connectivity index (χ1n) is 9.52. The number of Topliss-reactive ketones (excluding diaryl/α,β-unsaturated/α-hetero) is 1. The monoisotopic (exact) mass is 458 g/mol. The van der Waals surface area contributed by atoms with Gasteiger partial charge in [0, 0.05) is 11.6 Å². The fraction of sp³-hybridized carbons (Fsp3) is 0.550. The molecule has 2 amide bonds. The van der Waals surface area contributed by atoms with Gasteiger partial charge >= 0.3 is 12.0 Å². The molecule has 1 fully saturated rings. The lowest BCUT2D eigenvalue weighted by Crippen LogP contribution is -2.54. The summed E-state index contributed by atoms with van der Waals surface area (Å²) in [4.78, 5) is 37.9. The minimum absolute atomic E-state index is 0.155. The largest absolute Gasteiger partial charge is 0.490 e. The highest BCUT2D eigenvalue weighted by atomic mass is 35.5. The van der Waals surface area contributed by atoms with Gasteiger partial charge in [-0.25, -0.2) is 9.59 Å². The number of hydrogen-bond donors (Lipinski definition) is 1. The van der Waals surface area contributed by atoms with Crippen LogP contribution >= 0.6 is 23.4 Å². The fourth-order valence-corrected chi connectivity index (χ4v) is 3.60. The van der Waals surface area contributed by atoms with Crippen LogP contribution in [-0.4, -0.2) is 80.3 Å². The second-order valence-corrected chi connectivity index (χ2v) is 8.18. The summed E-state index contributed by atoms with van der Waals surface area (Å²) >= 11 is 7.54. The van der Waals surface area contributed by atoms with Gasteiger partial charge in [0.25, 0.3) is 0 Å². The zero-order valence-electron chi connectivity index (χ0n) is 17.3. The third-order valence-corrected chi connectivity index (χ3v) is 5.44. The quantitative estimate of drug-likeness (QED) is 0.449. The summed E-state index contributed by atoms with van der Waals surface area (Å²) in [5.41, 5.74) is 0.391. The number of amides is 2. The van der Waals surface area contributed by atoms with Gasteiger partial charge in [-0.1, -0.05) is 11.6 Å². The van der Waals surface area contributed by atoms with Gasteiger partial charge in [-0.3, -0.25) is 4.79 Å². The van der Waals surface area contributed by atoms with Crippen molar-refractivity contribution in [3.05, 3.63) is 28.8 Å². The summed E-state index contributed by atoms with van der Waals surface area (Å²) in [6.45, 7) is 2.65. The van der Waals surface area contributed by atoms with E-state index in [4.69, 9.17) is 25.8 Å². The smallest absolute Gasteiger partial charge is 0.328 e. The Morgan fingerprint density at radius 3 is 2.83 bits per heavy atom. The first kappa shape index (κ1) is 24.3. The number of nitrogens with zero attached hydrogens (tertiary/aromatic N) is 1. The number of rotatable bonds is 9. The molecule has 0 spiro atoms. The van der Waals surface area contributed by atoms with Crippen LogP contribution in [0.4, 0.5) is 4.79 Å². The molecule has 0 aliphatic carbocycles. The van der Waals surface area contributed by atoms with E-state index < -0.39 is 12.0 Å². The minimum Gasteiger partial charge on any atom is -0.490 e. The first-order chi connectivity index (χ1) is 14.3. The van der Waals surface area contributed by atoms with Crippen molar-refractivity contribution < 1.29 is 28.6 Å². The number of methoxy groups -OCH3 is 1. The average Bonchev–Trinajstić information content (AvgIpc) is 2.75. The SMILES string of the molecule is COC(=O)C(CCSC)NC(=O)N1CCOC(COc2ccc(Cl)cc2C(C)=O)C1. The molecule has 0 saturated carbocycles. The Labute approximate surface area is 185 Å². The van der Waals surface area contributed by atoms with Crippen molar-refractivity contribution in [3.8, 4) is 5.75 Å². The van der Waals surface area contributed by atoms with Crippen molar-refractivity contribution in [3.63, 3.8) is 0 Å². The predicted molar refractivity (Wildman–Crippen MR) is 116 cm³/mol. The third-order valence-electron chi connectivity index (χ3n) is 4.57. The molecule has 1 aromatic carbocycles. The molecule has 2 rings (SSSR count). The van der Waals surface area contributed by atoms with Gasteiger partial charge in [-0.2, -0.15) is 11.8 Å². The number of nitrogens with one attached hydrogen (secondary N) is 1. The van der Waals surface area contributed by atoms with Crippen molar-refractivity contribution in [1.29, 1.82) is 0 Å². The third kappa shape index (κ3) is 7.07. The molecule has 0 aromatic heterocycles. The molecule has 2 unspecified atom stereocenters. The van der Waals surface area contributed by atoms with E-state index in [-0.39, 0.29) is 24.5 Å². The molecule has 8 nitrogen and oxygen atoms in total. The normalized spacial score (nSPS) is 17.2. The Morgan fingerprint density at radius 1 is 1.40 bits per heavy atom. The maximum Gasteiger partial charge on any atom is 0.328 e. The topological polar surface area (TPSA) is 94.2 Å². The van der Waals surface area contributed by atoms with Gasteiger partial charge in [0.05, 0.1) is 25.8 Å². The van der Waals surface area contributed by atoms with Crippen molar-refractivity contribution in [2.75, 3.05) is 45.4 Å². The molecular formula is C20H27ClN2O6S. The van der Waals surface area contributed by atoms with Crippen LogP contribution in [0.1, 0.15) is 23.7 Å². The summed E-state index contributed by atoms with van der Waals surface area (Å²) in [6.07, 6.45) is 2.05. The molecule has 1 heterocycles. The summed E-state index contributed by atoms with van der Waals surface area (Å²) in [7, 11) is 1.30. The number of ether oxygens (including phenoxy) is 3. The molecule has 1 N–H and O–H groups in total. The number of urea groups is 1. The van der Waals surface area contributed by atoms with E-state index in [9.17, 15) is 14.4 Å². The first-order valence-corrected chi connectivity index (χ1v) is 11.3. The van der Waals surface area contributed by atoms with E-state index in [0.29, 0.717) is 42.5 Å². The van der Waals surface area contributed by atoms with Gasteiger partial charge in [-0.15, -0.1) is 0 Å². The fourth-order valence-electron chi connectivity index (χ4n) is 2.96. The zero-order valence-corrected chi connectivity index (χ0v) is 18.9. The van der Waals surface area contributed by atoms with Crippen LogP contribution in [-0.2, 0) is 14.3 Å². The van der Waals surface area contributed by atoms with E-state index >= 15 is 0 Å². The van der Waals surface area contributed by atoms with Crippen molar-refractivity contribution in [2.24, 2.45) is 0 Å². The number of carbonyl (C=O) groups is 3. The van der Waals surface area contributed by atoms with E-state index in [1.807, 2.05) is 6.26 Å². The maximum absolute atomic E-state index is 12.6. The Hall–Kier alpha value is -1.97. The lowest BCUT2D eigenvalue weighted by molar-refractivity contribution is -0.143. The summed E-state index contributed by atoms with van der Waals surface area (Å²) in [5, 5.41) is 3.19. The zero-order chi connectivity index (χ0) is 22.1. The second-order valence-electron chi connectivity index (χ2n) is 6.75. The molecular weight excluding hydrogens is 432 g/mol. The molecule has 1 saturated heterocycles. The Bertz CT molecular complexity index is 763. The summed E-state index contributed by atoms with van der Waals surface area (Å²) in [5.74, 6) is 0.515. The number of thioether (sulfide) groups is 1. The Morgan fingerprint density at radius 2 is 2.17 bits per heavy atom.